The molecular weight excluding hydrogens is 412 g/mol. The van der Waals surface area contributed by atoms with Crippen LogP contribution in [0, 0.1) is 5.92 Å². The summed E-state index contributed by atoms with van der Waals surface area (Å²) in [6.07, 6.45) is -0.658. The summed E-state index contributed by atoms with van der Waals surface area (Å²) in [5.74, 6) is 0.381. The molecule has 0 radical (unpaired) electrons. The number of rotatable bonds is 9. The number of ether oxygens (including phenoxy) is 2. The molecule has 2 aliphatic rings. The Morgan fingerprint density at radius 1 is 1.23 bits per heavy atom. The summed E-state index contributed by atoms with van der Waals surface area (Å²) >= 11 is 6.31. The van der Waals surface area contributed by atoms with E-state index in [4.69, 9.17) is 21.1 Å². The van der Waals surface area contributed by atoms with Gasteiger partial charge in [-0.25, -0.2) is 0 Å². The molecule has 2 heterocycles. The summed E-state index contributed by atoms with van der Waals surface area (Å²) in [5.41, 5.74) is 0. The van der Waals surface area contributed by atoms with Gasteiger partial charge in [0.25, 0.3) is 0 Å². The zero-order valence-corrected chi connectivity index (χ0v) is 19.1. The minimum Gasteiger partial charge on any atom is -0.388 e. The van der Waals surface area contributed by atoms with Crippen LogP contribution >= 0.6 is 11.6 Å². The highest BCUT2D eigenvalue weighted by atomic mass is 35.5. The zero-order chi connectivity index (χ0) is 22.3. The highest BCUT2D eigenvalue weighted by Crippen LogP contribution is 2.26. The van der Waals surface area contributed by atoms with Gasteiger partial charge < -0.3 is 35.4 Å². The first-order valence-electron chi connectivity index (χ1n) is 11.2. The van der Waals surface area contributed by atoms with Crippen LogP contribution in [0.2, 0.25) is 0 Å². The number of alkyl halides is 1. The molecule has 0 aromatic carbocycles. The van der Waals surface area contributed by atoms with Crippen LogP contribution in [0.1, 0.15) is 52.9 Å². The molecule has 0 saturated carbocycles. The SMILES string of the molecule is CCOCCC[C@@H]1CCN[C@H](C(=O)N[C@@H]([C@H]2O[C@H](C)[C@H](O)[C@@H](O)[C@H]2O)[C@H](C)Cl)CC1. The van der Waals surface area contributed by atoms with Crippen molar-refractivity contribution < 1.29 is 29.6 Å². The van der Waals surface area contributed by atoms with Gasteiger partial charge in [-0.05, 0) is 65.3 Å². The standard InChI is InChI=1S/C21H39ClN2O6/c1-4-29-11-5-6-14-7-8-15(23-10-9-14)21(28)24-16(12(2)22)20-19(27)18(26)17(25)13(3)30-20/h12-20,23,25-27H,4-11H2,1-3H3,(H,24,28)/t12-,13+,14-,15-,16+,17-,18+,19+,20+/m0/s1. The molecule has 0 bridgehead atoms. The number of amides is 1. The smallest absolute Gasteiger partial charge is 0.237 e. The lowest BCUT2D eigenvalue weighted by Crippen LogP contribution is -2.65. The first-order valence-corrected chi connectivity index (χ1v) is 11.6. The fourth-order valence-electron chi connectivity index (χ4n) is 4.34. The summed E-state index contributed by atoms with van der Waals surface area (Å²) in [5, 5.41) is 36.1. The predicted molar refractivity (Wildman–Crippen MR) is 114 cm³/mol. The van der Waals surface area contributed by atoms with E-state index < -0.39 is 41.9 Å². The summed E-state index contributed by atoms with van der Waals surface area (Å²) in [6.45, 7) is 7.60. The van der Waals surface area contributed by atoms with E-state index in [1.807, 2.05) is 6.92 Å². The van der Waals surface area contributed by atoms with Gasteiger partial charge in [-0.2, -0.15) is 0 Å². The molecule has 9 atom stereocenters. The van der Waals surface area contributed by atoms with Crippen LogP contribution in [0.5, 0.6) is 0 Å². The number of aliphatic hydroxyl groups is 3. The van der Waals surface area contributed by atoms with Crippen molar-refractivity contribution in [3.63, 3.8) is 0 Å². The Hall–Kier alpha value is -0.480. The first kappa shape index (κ1) is 25.8. The molecule has 0 aliphatic carbocycles. The molecule has 2 saturated heterocycles. The van der Waals surface area contributed by atoms with Gasteiger partial charge in [0.05, 0.1) is 23.6 Å². The molecule has 2 rings (SSSR count). The second-order valence-electron chi connectivity index (χ2n) is 8.57. The molecule has 2 fully saturated rings. The van der Waals surface area contributed by atoms with Gasteiger partial charge in [0, 0.05) is 13.2 Å². The molecule has 176 valence electrons. The van der Waals surface area contributed by atoms with Crippen LogP contribution < -0.4 is 10.6 Å². The molecule has 9 heteroatoms. The van der Waals surface area contributed by atoms with Crippen molar-refractivity contribution in [1.29, 1.82) is 0 Å². The summed E-state index contributed by atoms with van der Waals surface area (Å²) in [4.78, 5) is 12.9. The predicted octanol–water partition coefficient (Wildman–Crippen LogP) is 0.544. The van der Waals surface area contributed by atoms with E-state index in [1.54, 1.807) is 13.8 Å². The monoisotopic (exact) mass is 450 g/mol. The van der Waals surface area contributed by atoms with Crippen molar-refractivity contribution in [2.24, 2.45) is 5.92 Å². The molecular formula is C21H39ClN2O6. The topological polar surface area (TPSA) is 120 Å². The Labute approximate surface area is 184 Å². The third kappa shape index (κ3) is 7.02. The lowest BCUT2D eigenvalue weighted by atomic mass is 9.90. The molecule has 0 unspecified atom stereocenters. The minimum absolute atomic E-state index is 0.188. The van der Waals surface area contributed by atoms with Gasteiger partial charge in [-0.1, -0.05) is 0 Å². The van der Waals surface area contributed by atoms with Crippen LogP contribution in [0.4, 0.5) is 0 Å². The van der Waals surface area contributed by atoms with Gasteiger partial charge in [-0.3, -0.25) is 4.79 Å². The van der Waals surface area contributed by atoms with Gasteiger partial charge in [0.2, 0.25) is 5.91 Å². The largest absolute Gasteiger partial charge is 0.388 e. The molecule has 2 aliphatic heterocycles. The van der Waals surface area contributed by atoms with Crippen molar-refractivity contribution in [1.82, 2.24) is 10.6 Å². The van der Waals surface area contributed by atoms with Gasteiger partial charge in [0.1, 0.15) is 24.4 Å². The van der Waals surface area contributed by atoms with E-state index in [-0.39, 0.29) is 11.9 Å². The van der Waals surface area contributed by atoms with Crippen LogP contribution in [0.25, 0.3) is 0 Å². The van der Waals surface area contributed by atoms with E-state index in [0.717, 1.165) is 51.9 Å². The van der Waals surface area contributed by atoms with E-state index in [0.29, 0.717) is 5.92 Å². The van der Waals surface area contributed by atoms with E-state index in [1.165, 1.54) is 0 Å². The number of hydrogen-bond acceptors (Lipinski definition) is 7. The summed E-state index contributed by atoms with van der Waals surface area (Å²) in [6, 6.07) is -1.04. The lowest BCUT2D eigenvalue weighted by Gasteiger charge is -2.43. The van der Waals surface area contributed by atoms with E-state index in [2.05, 4.69) is 10.6 Å². The second kappa shape index (κ2) is 12.5. The summed E-state index contributed by atoms with van der Waals surface area (Å²) < 4.78 is 11.1. The molecule has 0 aromatic rings. The Kier molecular flexibility index (Phi) is 10.8. The minimum atomic E-state index is -1.36. The highest BCUT2D eigenvalue weighted by Gasteiger charge is 2.46. The maximum Gasteiger partial charge on any atom is 0.237 e. The average Bonchev–Trinajstić information content (AvgIpc) is 2.96. The van der Waals surface area contributed by atoms with E-state index in [9.17, 15) is 20.1 Å². The fraction of sp³-hybridized carbons (Fsp3) is 0.952. The third-order valence-electron chi connectivity index (χ3n) is 6.28. The first-order chi connectivity index (χ1) is 14.3. The number of hydrogen-bond donors (Lipinski definition) is 5. The molecule has 30 heavy (non-hydrogen) atoms. The van der Waals surface area contributed by atoms with Crippen molar-refractivity contribution >= 4 is 17.5 Å². The summed E-state index contributed by atoms with van der Waals surface area (Å²) in [7, 11) is 0. The Balaban J connectivity index is 1.92. The van der Waals surface area contributed by atoms with E-state index >= 15 is 0 Å². The molecule has 0 spiro atoms. The molecule has 5 N–H and O–H groups in total. The average molecular weight is 451 g/mol. The van der Waals surface area contributed by atoms with Crippen LogP contribution in [0.15, 0.2) is 0 Å². The number of carbonyl (C=O) groups is 1. The number of carbonyl (C=O) groups excluding carboxylic acids is 1. The quantitative estimate of drug-likeness (QED) is 0.257. The van der Waals surface area contributed by atoms with Crippen LogP contribution in [-0.2, 0) is 14.3 Å². The van der Waals surface area contributed by atoms with Crippen molar-refractivity contribution in [3.05, 3.63) is 0 Å². The van der Waals surface area contributed by atoms with Crippen molar-refractivity contribution in [2.75, 3.05) is 19.8 Å². The molecule has 1 amide bonds. The highest BCUT2D eigenvalue weighted by molar-refractivity contribution is 6.21. The lowest BCUT2D eigenvalue weighted by molar-refractivity contribution is -0.223. The van der Waals surface area contributed by atoms with Crippen molar-refractivity contribution in [3.8, 4) is 0 Å². The van der Waals surface area contributed by atoms with Gasteiger partial charge >= 0.3 is 0 Å². The third-order valence-corrected chi connectivity index (χ3v) is 6.55. The van der Waals surface area contributed by atoms with Crippen LogP contribution in [-0.4, -0.2) is 89.0 Å². The maximum atomic E-state index is 12.9. The molecule has 8 nitrogen and oxygen atoms in total. The Bertz CT molecular complexity index is 526. The van der Waals surface area contributed by atoms with Gasteiger partial charge in [-0.15, -0.1) is 11.6 Å². The maximum absolute atomic E-state index is 12.9. The fourth-order valence-corrected chi connectivity index (χ4v) is 4.55. The number of nitrogens with one attached hydrogen (secondary N) is 2. The Morgan fingerprint density at radius 2 is 1.97 bits per heavy atom. The van der Waals surface area contributed by atoms with Crippen molar-refractivity contribution in [2.45, 2.75) is 101 Å². The van der Waals surface area contributed by atoms with Gasteiger partial charge in [0.15, 0.2) is 0 Å². The second-order valence-corrected chi connectivity index (χ2v) is 9.26. The molecule has 0 aromatic heterocycles. The Morgan fingerprint density at radius 3 is 2.63 bits per heavy atom. The normalized spacial score (nSPS) is 37.2. The number of halogens is 1. The van der Waals surface area contributed by atoms with Crippen LogP contribution in [0.3, 0.4) is 0 Å². The zero-order valence-electron chi connectivity index (χ0n) is 18.3. The number of aliphatic hydroxyl groups excluding tert-OH is 3.